The lowest BCUT2D eigenvalue weighted by Crippen LogP contribution is -2.26. The third kappa shape index (κ3) is 4.64. The molecule has 1 fully saturated rings. The van der Waals surface area contributed by atoms with Crippen LogP contribution in [0.4, 0.5) is 0 Å². The molecule has 1 atom stereocenters. The van der Waals surface area contributed by atoms with E-state index in [2.05, 4.69) is 72.5 Å². The Morgan fingerprint density at radius 3 is 2.61 bits per heavy atom. The zero-order valence-electron chi connectivity index (χ0n) is 18.7. The Labute approximate surface area is 190 Å². The fourth-order valence-corrected chi connectivity index (χ4v) is 4.12. The van der Waals surface area contributed by atoms with Gasteiger partial charge in [-0.1, -0.05) is 50.2 Å². The molecule has 5 heteroatoms. The second-order valence-electron chi connectivity index (χ2n) is 8.60. The minimum Gasteiger partial charge on any atom is -0.373 e. The highest BCUT2D eigenvalue weighted by molar-refractivity contribution is 6.30. The highest BCUT2D eigenvalue weighted by Gasteiger charge is 2.29. The van der Waals surface area contributed by atoms with Crippen LogP contribution >= 0.6 is 11.6 Å². The molecule has 0 amide bonds. The van der Waals surface area contributed by atoms with Crippen LogP contribution in [0.25, 0.3) is 5.57 Å². The van der Waals surface area contributed by atoms with Crippen LogP contribution in [0.5, 0.6) is 0 Å². The van der Waals surface area contributed by atoms with Gasteiger partial charge in [0, 0.05) is 35.7 Å². The molecule has 2 aliphatic rings. The minimum absolute atomic E-state index is 0.0663. The monoisotopic (exact) mass is 434 g/mol. The molecule has 0 spiro atoms. The van der Waals surface area contributed by atoms with Crippen LogP contribution in [-0.4, -0.2) is 21.7 Å². The van der Waals surface area contributed by atoms with Crippen molar-refractivity contribution in [2.24, 2.45) is 0 Å². The number of likely N-dealkylation sites (N-methyl/N-ethyl adjacent to an activating group) is 1. The molecule has 2 aromatic rings. The summed E-state index contributed by atoms with van der Waals surface area (Å²) in [5, 5.41) is 9.48. The van der Waals surface area contributed by atoms with Crippen LogP contribution in [0.2, 0.25) is 5.02 Å². The molecular weight excluding hydrogens is 404 g/mol. The molecule has 0 saturated heterocycles. The van der Waals surface area contributed by atoms with Gasteiger partial charge in [0.15, 0.2) is 0 Å². The molecule has 1 aliphatic heterocycles. The van der Waals surface area contributed by atoms with E-state index in [1.807, 2.05) is 19.2 Å². The summed E-state index contributed by atoms with van der Waals surface area (Å²) in [6, 6.07) is 8.51. The molecule has 0 radical (unpaired) electrons. The van der Waals surface area contributed by atoms with E-state index >= 15 is 0 Å². The van der Waals surface area contributed by atoms with Gasteiger partial charge in [-0.3, -0.25) is 4.68 Å². The highest BCUT2D eigenvalue weighted by Crippen LogP contribution is 2.38. The first kappa shape index (κ1) is 21.5. The summed E-state index contributed by atoms with van der Waals surface area (Å²) in [6.07, 6.45) is 10.8. The number of hydrogen-bond donors (Lipinski definition) is 1. The molecule has 0 bridgehead atoms. The Morgan fingerprint density at radius 1 is 1.29 bits per heavy atom. The summed E-state index contributed by atoms with van der Waals surface area (Å²) in [5.74, 6) is 0. The van der Waals surface area contributed by atoms with E-state index < -0.39 is 0 Å². The standard InChI is InChI=1S/C26H31ClN4/c1-6-7-17(2)25-24(16-31(29-25)23-12-13-23)26(20-8-10-21(27)11-9-20)28-22-14-18(3)19(4)30(5)15-22/h8-11,14-16,23,26,28H,2,4,6-7,12-13H2,1,3,5H3. The Morgan fingerprint density at radius 2 is 2.00 bits per heavy atom. The number of nitrogens with zero attached hydrogens (tertiary/aromatic N) is 3. The van der Waals surface area contributed by atoms with E-state index in [9.17, 15) is 0 Å². The zero-order chi connectivity index (χ0) is 22.1. The lowest BCUT2D eigenvalue weighted by molar-refractivity contribution is 0.553. The maximum Gasteiger partial charge on any atom is 0.0933 e. The van der Waals surface area contributed by atoms with Gasteiger partial charge in [-0.05, 0) is 61.1 Å². The van der Waals surface area contributed by atoms with E-state index in [1.54, 1.807) is 0 Å². The SMILES string of the molecule is C=C(CCC)c1nn(C2CC2)cc1C(NC1=CN(C)C(=C)C(C)=C1)c1ccc(Cl)cc1. The second-order valence-corrected chi connectivity index (χ2v) is 9.03. The van der Waals surface area contributed by atoms with Crippen LogP contribution in [0.1, 0.15) is 68.4 Å². The third-order valence-corrected chi connectivity index (χ3v) is 6.23. The molecule has 2 heterocycles. The molecule has 31 heavy (non-hydrogen) atoms. The van der Waals surface area contributed by atoms with Crippen LogP contribution in [0.3, 0.4) is 0 Å². The normalized spacial score (nSPS) is 17.3. The second kappa shape index (κ2) is 8.80. The molecule has 1 aromatic carbocycles. The first-order valence-electron chi connectivity index (χ1n) is 11.0. The summed E-state index contributed by atoms with van der Waals surface area (Å²) in [7, 11) is 2.03. The molecule has 1 N–H and O–H groups in total. The van der Waals surface area contributed by atoms with E-state index in [-0.39, 0.29) is 6.04 Å². The van der Waals surface area contributed by atoms with Gasteiger partial charge in [-0.15, -0.1) is 0 Å². The van der Waals surface area contributed by atoms with Crippen LogP contribution < -0.4 is 5.32 Å². The van der Waals surface area contributed by atoms with Gasteiger partial charge < -0.3 is 10.2 Å². The number of aromatic nitrogens is 2. The fraction of sp³-hybridized carbons (Fsp3) is 0.346. The van der Waals surface area contributed by atoms with Crippen LogP contribution in [0.15, 0.2) is 72.9 Å². The first-order chi connectivity index (χ1) is 14.9. The summed E-state index contributed by atoms with van der Waals surface area (Å²) >= 11 is 6.20. The smallest absolute Gasteiger partial charge is 0.0933 e. The van der Waals surface area contributed by atoms with E-state index in [4.69, 9.17) is 16.7 Å². The predicted octanol–water partition coefficient (Wildman–Crippen LogP) is 6.61. The highest BCUT2D eigenvalue weighted by atomic mass is 35.5. The average molecular weight is 435 g/mol. The van der Waals surface area contributed by atoms with Crippen LogP contribution in [0, 0.1) is 0 Å². The molecule has 1 aliphatic carbocycles. The lowest BCUT2D eigenvalue weighted by Gasteiger charge is -2.28. The van der Waals surface area contributed by atoms with Gasteiger partial charge in [0.25, 0.3) is 0 Å². The van der Waals surface area contributed by atoms with Crippen molar-refractivity contribution in [3.05, 3.63) is 94.7 Å². The van der Waals surface area contributed by atoms with Crippen LogP contribution in [-0.2, 0) is 0 Å². The van der Waals surface area contributed by atoms with Crippen molar-refractivity contribution in [3.63, 3.8) is 0 Å². The van der Waals surface area contributed by atoms with Gasteiger partial charge in [0.2, 0.25) is 0 Å². The van der Waals surface area contributed by atoms with Gasteiger partial charge in [0.1, 0.15) is 0 Å². The Kier molecular flexibility index (Phi) is 6.10. The molecular formula is C26H31ClN4. The summed E-state index contributed by atoms with van der Waals surface area (Å²) in [5.41, 5.74) is 7.59. The van der Waals surface area contributed by atoms with Gasteiger partial charge in [0.05, 0.1) is 23.5 Å². The lowest BCUT2D eigenvalue weighted by atomic mass is 9.95. The van der Waals surface area contributed by atoms with Crippen molar-refractivity contribution in [1.29, 1.82) is 0 Å². The summed E-state index contributed by atoms with van der Waals surface area (Å²) < 4.78 is 2.14. The van der Waals surface area contributed by atoms with E-state index in [0.717, 1.165) is 57.2 Å². The maximum absolute atomic E-state index is 6.20. The van der Waals surface area contributed by atoms with Crippen molar-refractivity contribution in [1.82, 2.24) is 20.0 Å². The Bertz CT molecular complexity index is 1050. The van der Waals surface area contributed by atoms with Gasteiger partial charge in [-0.2, -0.15) is 5.10 Å². The van der Waals surface area contributed by atoms with Gasteiger partial charge in [-0.25, -0.2) is 0 Å². The number of allylic oxidation sites excluding steroid dienone is 3. The number of nitrogens with one attached hydrogen (secondary N) is 1. The van der Waals surface area contributed by atoms with Crippen molar-refractivity contribution in [3.8, 4) is 0 Å². The number of halogens is 1. The first-order valence-corrected chi connectivity index (χ1v) is 11.4. The Hall–Kier alpha value is -2.72. The third-order valence-electron chi connectivity index (χ3n) is 5.98. The molecule has 1 unspecified atom stereocenters. The number of hydrogen-bond acceptors (Lipinski definition) is 3. The van der Waals surface area contributed by atoms with E-state index in [1.165, 1.54) is 12.8 Å². The zero-order valence-corrected chi connectivity index (χ0v) is 19.4. The molecule has 1 aromatic heterocycles. The summed E-state index contributed by atoms with van der Waals surface area (Å²) in [4.78, 5) is 2.06. The molecule has 1 saturated carbocycles. The largest absolute Gasteiger partial charge is 0.373 e. The number of benzene rings is 1. The van der Waals surface area contributed by atoms with E-state index in [0.29, 0.717) is 6.04 Å². The van der Waals surface area contributed by atoms with Crippen molar-refractivity contribution in [2.45, 2.75) is 51.6 Å². The molecule has 4 rings (SSSR count). The van der Waals surface area contributed by atoms with Crippen molar-refractivity contribution < 1.29 is 0 Å². The minimum atomic E-state index is -0.0663. The average Bonchev–Trinajstić information content (AvgIpc) is 3.50. The number of rotatable bonds is 8. The molecule has 162 valence electrons. The fourth-order valence-electron chi connectivity index (χ4n) is 4.00. The predicted molar refractivity (Wildman–Crippen MR) is 130 cm³/mol. The molecule has 4 nitrogen and oxygen atoms in total. The summed E-state index contributed by atoms with van der Waals surface area (Å²) in [6.45, 7) is 12.8. The van der Waals surface area contributed by atoms with Crippen molar-refractivity contribution in [2.75, 3.05) is 7.05 Å². The maximum atomic E-state index is 6.20. The quantitative estimate of drug-likeness (QED) is 0.507. The van der Waals surface area contributed by atoms with Gasteiger partial charge >= 0.3 is 0 Å². The topological polar surface area (TPSA) is 33.1 Å². The Balaban J connectivity index is 1.78. The van der Waals surface area contributed by atoms with Crippen molar-refractivity contribution >= 4 is 17.2 Å².